The van der Waals surface area contributed by atoms with Gasteiger partial charge in [0.2, 0.25) is 5.76 Å². The highest BCUT2D eigenvalue weighted by atomic mass is 32.1. The smallest absolute Gasteiger partial charge is 0.289 e. The molecule has 0 unspecified atom stereocenters. The van der Waals surface area contributed by atoms with Crippen molar-refractivity contribution in [3.63, 3.8) is 0 Å². The summed E-state index contributed by atoms with van der Waals surface area (Å²) < 4.78 is 1.74. The molecule has 0 amide bonds. The number of benzene rings is 1. The van der Waals surface area contributed by atoms with Crippen molar-refractivity contribution in [1.82, 2.24) is 0 Å². The van der Waals surface area contributed by atoms with Gasteiger partial charge in [-0.1, -0.05) is 30.4 Å². The zero-order valence-corrected chi connectivity index (χ0v) is 16.8. The zero-order chi connectivity index (χ0) is 19.4. The molecular formula is C21H21N2O2S2+. The van der Waals surface area contributed by atoms with E-state index in [4.69, 9.17) is 12.2 Å². The van der Waals surface area contributed by atoms with Crippen LogP contribution in [0.2, 0.25) is 0 Å². The summed E-state index contributed by atoms with van der Waals surface area (Å²) in [6.07, 6.45) is 3.56. The maximum atomic E-state index is 10.9. The Morgan fingerprint density at radius 1 is 1.19 bits per heavy atom. The number of anilines is 1. The van der Waals surface area contributed by atoms with Crippen LogP contribution in [0.25, 0.3) is 11.5 Å². The van der Waals surface area contributed by atoms with E-state index in [-0.39, 0.29) is 12.4 Å². The number of nitrogens with one attached hydrogen (secondary N) is 1. The van der Waals surface area contributed by atoms with Crippen molar-refractivity contribution in [2.75, 3.05) is 5.32 Å². The van der Waals surface area contributed by atoms with Gasteiger partial charge in [0.25, 0.3) is 5.70 Å². The van der Waals surface area contributed by atoms with E-state index < -0.39 is 0 Å². The van der Waals surface area contributed by atoms with E-state index in [9.17, 15) is 10.2 Å². The average molecular weight is 398 g/mol. The minimum atomic E-state index is -0.0922. The molecule has 2 aromatic heterocycles. The lowest BCUT2D eigenvalue weighted by Crippen LogP contribution is -2.39. The molecule has 3 N–H and O–H groups in total. The van der Waals surface area contributed by atoms with Crippen molar-refractivity contribution in [3.8, 4) is 0 Å². The lowest BCUT2D eigenvalue weighted by atomic mass is 10.1. The fraction of sp³-hybridized carbons (Fsp3) is 0.143. The van der Waals surface area contributed by atoms with Crippen LogP contribution in [-0.2, 0) is 6.61 Å². The van der Waals surface area contributed by atoms with Crippen molar-refractivity contribution < 1.29 is 14.8 Å². The first kappa shape index (κ1) is 19.2. The molecule has 0 saturated carbocycles. The lowest BCUT2D eigenvalue weighted by Gasteiger charge is -2.12. The molecule has 138 valence electrons. The first-order valence-electron chi connectivity index (χ1n) is 8.46. The summed E-state index contributed by atoms with van der Waals surface area (Å²) in [5.74, 6) is 0.0906. The second-order valence-corrected chi connectivity index (χ2v) is 7.58. The Hall–Kier alpha value is -2.54. The average Bonchev–Trinajstić information content (AvgIpc) is 3.20. The van der Waals surface area contributed by atoms with Gasteiger partial charge in [-0.2, -0.15) is 4.57 Å². The third-order valence-corrected chi connectivity index (χ3v) is 5.31. The van der Waals surface area contributed by atoms with Crippen molar-refractivity contribution in [3.05, 3.63) is 81.8 Å². The standard InChI is InChI=1S/C21H20N2O2S2/c1-14-7-8-15(2)17(11-14)22-21(26)19(20(25)18-6-4-10-27-18)23-9-3-5-16(12-23)13-24/h3-12,24H,13H2,1-2H3,(H-,22,25,26)/p+1. The van der Waals surface area contributed by atoms with E-state index in [0.717, 1.165) is 27.3 Å². The van der Waals surface area contributed by atoms with Gasteiger partial charge in [-0.05, 0) is 48.6 Å². The van der Waals surface area contributed by atoms with Crippen molar-refractivity contribution in [2.45, 2.75) is 20.5 Å². The number of hydrogen-bond acceptors (Lipinski definition) is 4. The Morgan fingerprint density at radius 3 is 2.70 bits per heavy atom. The summed E-state index contributed by atoms with van der Waals surface area (Å²) in [7, 11) is 0. The van der Waals surface area contributed by atoms with E-state index in [1.165, 1.54) is 11.3 Å². The molecule has 0 fully saturated rings. The summed E-state index contributed by atoms with van der Waals surface area (Å²) in [5.41, 5.74) is 4.27. The second-order valence-electron chi connectivity index (χ2n) is 6.22. The van der Waals surface area contributed by atoms with E-state index in [2.05, 4.69) is 5.32 Å². The summed E-state index contributed by atoms with van der Waals surface area (Å²) in [5, 5.41) is 25.6. The van der Waals surface area contributed by atoms with Gasteiger partial charge in [0.05, 0.1) is 11.5 Å². The van der Waals surface area contributed by atoms with Gasteiger partial charge in [-0.3, -0.25) is 0 Å². The molecule has 0 saturated heterocycles. The summed E-state index contributed by atoms with van der Waals surface area (Å²) in [4.78, 5) is 1.12. The normalized spacial score (nSPS) is 11.8. The van der Waals surface area contributed by atoms with E-state index >= 15 is 0 Å². The van der Waals surface area contributed by atoms with Gasteiger partial charge in [0.15, 0.2) is 17.4 Å². The molecule has 0 spiro atoms. The predicted molar refractivity (Wildman–Crippen MR) is 115 cm³/mol. The van der Waals surface area contributed by atoms with Crippen LogP contribution in [0.1, 0.15) is 21.6 Å². The Labute approximate surface area is 168 Å². The molecule has 4 nitrogen and oxygen atoms in total. The summed E-state index contributed by atoms with van der Waals surface area (Å²) in [6.45, 7) is 3.94. The van der Waals surface area contributed by atoms with Gasteiger partial charge >= 0.3 is 0 Å². The SMILES string of the molecule is Cc1ccc(C)c(NC(=S)/C(=C(\O)c2cccs2)[n+]2cccc(CO)c2)c1. The largest absolute Gasteiger partial charge is 0.501 e. The monoisotopic (exact) mass is 397 g/mol. The predicted octanol–water partition coefficient (Wildman–Crippen LogP) is 4.47. The minimum absolute atomic E-state index is 0.0906. The molecule has 6 heteroatoms. The van der Waals surface area contributed by atoms with E-state index in [1.54, 1.807) is 17.0 Å². The van der Waals surface area contributed by atoms with Crippen molar-refractivity contribution >= 4 is 45.7 Å². The molecule has 0 atom stereocenters. The number of nitrogens with zero attached hydrogens (tertiary/aromatic N) is 1. The third kappa shape index (κ3) is 4.42. The number of aliphatic hydroxyl groups excluding tert-OH is 2. The quantitative estimate of drug-likeness (QED) is 0.257. The van der Waals surface area contributed by atoms with Crippen LogP contribution < -0.4 is 9.88 Å². The number of rotatable bonds is 5. The number of pyridine rings is 1. The van der Waals surface area contributed by atoms with Crippen molar-refractivity contribution in [1.29, 1.82) is 0 Å². The number of thiocarbonyl (C=S) groups is 1. The fourth-order valence-electron chi connectivity index (χ4n) is 2.69. The molecule has 2 heterocycles. The van der Waals surface area contributed by atoms with Gasteiger partial charge in [0.1, 0.15) is 0 Å². The molecule has 27 heavy (non-hydrogen) atoms. The number of thiophene rings is 1. The number of aromatic nitrogens is 1. The van der Waals surface area contributed by atoms with Crippen LogP contribution >= 0.6 is 23.6 Å². The fourth-order valence-corrected chi connectivity index (χ4v) is 3.67. The van der Waals surface area contributed by atoms with Gasteiger partial charge in [-0.15, -0.1) is 11.3 Å². The number of aliphatic hydroxyl groups is 2. The maximum Gasteiger partial charge on any atom is 0.289 e. The summed E-state index contributed by atoms with van der Waals surface area (Å²) >= 11 is 7.10. The molecule has 0 radical (unpaired) electrons. The molecular weight excluding hydrogens is 376 g/mol. The van der Waals surface area contributed by atoms with Gasteiger partial charge in [-0.25, -0.2) is 0 Å². The molecule has 3 aromatic rings. The highest BCUT2D eigenvalue weighted by Gasteiger charge is 2.25. The highest BCUT2D eigenvalue weighted by Crippen LogP contribution is 2.24. The Bertz CT molecular complexity index is 995. The summed E-state index contributed by atoms with van der Waals surface area (Å²) in [6, 6.07) is 13.5. The molecule has 1 aromatic carbocycles. The van der Waals surface area contributed by atoms with E-state index in [1.807, 2.05) is 61.7 Å². The van der Waals surface area contributed by atoms with Crippen LogP contribution in [0.3, 0.4) is 0 Å². The number of hydrogen-bond donors (Lipinski definition) is 3. The Balaban J connectivity index is 2.08. The van der Waals surface area contributed by atoms with Crippen LogP contribution in [0.15, 0.2) is 60.2 Å². The Morgan fingerprint density at radius 2 is 2.00 bits per heavy atom. The molecule has 0 aliphatic carbocycles. The van der Waals surface area contributed by atoms with Gasteiger partial charge in [0, 0.05) is 17.3 Å². The Kier molecular flexibility index (Phi) is 6.01. The van der Waals surface area contributed by atoms with E-state index in [0.29, 0.717) is 10.7 Å². The first-order chi connectivity index (χ1) is 13.0. The molecule has 3 rings (SSSR count). The van der Waals surface area contributed by atoms with Crippen LogP contribution in [-0.4, -0.2) is 15.2 Å². The first-order valence-corrected chi connectivity index (χ1v) is 9.75. The minimum Gasteiger partial charge on any atom is -0.501 e. The number of aryl methyl sites for hydroxylation is 2. The molecule has 0 aliphatic rings. The second kappa shape index (κ2) is 8.43. The molecule has 0 aliphatic heterocycles. The topological polar surface area (TPSA) is 56.4 Å². The van der Waals surface area contributed by atoms with Crippen LogP contribution in [0.4, 0.5) is 5.69 Å². The van der Waals surface area contributed by atoms with Gasteiger partial charge < -0.3 is 15.5 Å². The highest BCUT2D eigenvalue weighted by molar-refractivity contribution is 7.81. The van der Waals surface area contributed by atoms with Crippen LogP contribution in [0, 0.1) is 13.8 Å². The van der Waals surface area contributed by atoms with Crippen molar-refractivity contribution in [2.24, 2.45) is 0 Å². The molecule has 0 bridgehead atoms. The third-order valence-electron chi connectivity index (χ3n) is 4.14. The maximum absolute atomic E-state index is 10.9. The van der Waals surface area contributed by atoms with Crippen LogP contribution in [0.5, 0.6) is 0 Å². The zero-order valence-electron chi connectivity index (χ0n) is 15.1. The lowest BCUT2D eigenvalue weighted by molar-refractivity contribution is -0.576.